The molecule has 6 nitrogen and oxygen atoms in total. The van der Waals surface area contributed by atoms with Gasteiger partial charge in [-0.2, -0.15) is 0 Å². The summed E-state index contributed by atoms with van der Waals surface area (Å²) in [6.07, 6.45) is 3.98. The summed E-state index contributed by atoms with van der Waals surface area (Å²) in [5.74, 6) is 0.0325. The number of anilines is 1. The van der Waals surface area contributed by atoms with Crippen LogP contribution < -0.4 is 10.6 Å². The third-order valence-electron chi connectivity index (χ3n) is 3.19. The van der Waals surface area contributed by atoms with E-state index in [2.05, 4.69) is 15.0 Å². The Morgan fingerprint density at radius 1 is 1.67 bits per heavy atom. The molecular formula is C12H18N4O2. The van der Waals surface area contributed by atoms with Gasteiger partial charge in [0.25, 0.3) is 0 Å². The molecule has 1 aromatic rings. The van der Waals surface area contributed by atoms with E-state index in [9.17, 15) is 0 Å². The van der Waals surface area contributed by atoms with Gasteiger partial charge in [-0.3, -0.25) is 4.98 Å². The second kappa shape index (κ2) is 5.68. The fraction of sp³-hybridized carbons (Fsp3) is 0.500. The molecule has 1 unspecified atom stereocenters. The molecule has 3 N–H and O–H groups in total. The molecule has 0 spiro atoms. The Hall–Kier alpha value is -1.82. The van der Waals surface area contributed by atoms with E-state index in [0.29, 0.717) is 5.69 Å². The van der Waals surface area contributed by atoms with Gasteiger partial charge in [0, 0.05) is 26.4 Å². The highest BCUT2D eigenvalue weighted by Crippen LogP contribution is 2.23. The quantitative estimate of drug-likeness (QED) is 0.358. The predicted octanol–water partition coefficient (Wildman–Crippen LogP) is 0.791. The molecule has 0 amide bonds. The van der Waals surface area contributed by atoms with Crippen LogP contribution in [0, 0.1) is 0 Å². The maximum Gasteiger partial charge on any atom is 0.190 e. The van der Waals surface area contributed by atoms with Crippen molar-refractivity contribution >= 4 is 11.5 Å². The van der Waals surface area contributed by atoms with Crippen LogP contribution >= 0.6 is 0 Å². The molecule has 0 bridgehead atoms. The highest BCUT2D eigenvalue weighted by Gasteiger charge is 2.22. The first-order valence-corrected chi connectivity index (χ1v) is 5.97. The number of rotatable bonds is 3. The van der Waals surface area contributed by atoms with Crippen molar-refractivity contribution in [3.63, 3.8) is 0 Å². The van der Waals surface area contributed by atoms with E-state index in [1.165, 1.54) is 0 Å². The van der Waals surface area contributed by atoms with Crippen molar-refractivity contribution in [3.05, 3.63) is 24.0 Å². The van der Waals surface area contributed by atoms with Crippen LogP contribution in [0.5, 0.6) is 0 Å². The molecule has 2 heterocycles. The number of methoxy groups -OCH3 is 1. The minimum atomic E-state index is 0.0325. The summed E-state index contributed by atoms with van der Waals surface area (Å²) in [7, 11) is 1.72. The van der Waals surface area contributed by atoms with Gasteiger partial charge in [0.2, 0.25) is 0 Å². The molecule has 18 heavy (non-hydrogen) atoms. The standard InChI is InChI=1S/C12H18N4O2/c1-18-9-4-3-7-16(8-9)10-5-2-6-14-11(10)12(13)15-17/h2,5-6,9,17H,3-4,7-8H2,1H3,(H2,13,15). The fourth-order valence-corrected chi connectivity index (χ4v) is 2.25. The van der Waals surface area contributed by atoms with Gasteiger partial charge in [0.05, 0.1) is 11.8 Å². The monoisotopic (exact) mass is 250 g/mol. The second-order valence-electron chi connectivity index (χ2n) is 4.30. The molecule has 1 aliphatic heterocycles. The number of nitrogens with zero attached hydrogens (tertiary/aromatic N) is 3. The lowest BCUT2D eigenvalue weighted by atomic mass is 10.1. The molecule has 0 aliphatic carbocycles. The first-order chi connectivity index (χ1) is 8.76. The summed E-state index contributed by atoms with van der Waals surface area (Å²) >= 11 is 0. The van der Waals surface area contributed by atoms with Crippen LogP contribution in [0.3, 0.4) is 0 Å². The second-order valence-corrected chi connectivity index (χ2v) is 4.30. The van der Waals surface area contributed by atoms with Crippen LogP contribution in [0.15, 0.2) is 23.5 Å². The van der Waals surface area contributed by atoms with E-state index >= 15 is 0 Å². The topological polar surface area (TPSA) is 84.0 Å². The fourth-order valence-electron chi connectivity index (χ4n) is 2.25. The maximum atomic E-state index is 8.79. The normalized spacial score (nSPS) is 21.1. The lowest BCUT2D eigenvalue weighted by molar-refractivity contribution is 0.0893. The molecule has 1 aromatic heterocycles. The summed E-state index contributed by atoms with van der Waals surface area (Å²) < 4.78 is 5.40. The van der Waals surface area contributed by atoms with Crippen LogP contribution in [-0.4, -0.2) is 42.3 Å². The zero-order valence-electron chi connectivity index (χ0n) is 10.4. The summed E-state index contributed by atoms with van der Waals surface area (Å²) in [6, 6.07) is 3.78. The lowest BCUT2D eigenvalue weighted by Gasteiger charge is -2.34. The Balaban J connectivity index is 2.27. The van der Waals surface area contributed by atoms with Crippen LogP contribution in [0.25, 0.3) is 0 Å². The first-order valence-electron chi connectivity index (χ1n) is 5.97. The Morgan fingerprint density at radius 3 is 3.22 bits per heavy atom. The number of oxime groups is 1. The van der Waals surface area contributed by atoms with Gasteiger partial charge in [-0.15, -0.1) is 0 Å². The van der Waals surface area contributed by atoms with E-state index in [1.54, 1.807) is 13.3 Å². The third kappa shape index (κ3) is 2.53. The van der Waals surface area contributed by atoms with Crippen LogP contribution in [0.4, 0.5) is 5.69 Å². The molecule has 2 rings (SSSR count). The van der Waals surface area contributed by atoms with Crippen molar-refractivity contribution in [3.8, 4) is 0 Å². The summed E-state index contributed by atoms with van der Waals surface area (Å²) in [6.45, 7) is 1.73. The number of pyridine rings is 1. The highest BCUT2D eigenvalue weighted by molar-refractivity contribution is 6.00. The van der Waals surface area contributed by atoms with E-state index < -0.39 is 0 Å². The third-order valence-corrected chi connectivity index (χ3v) is 3.19. The Bertz CT molecular complexity index is 436. The zero-order valence-corrected chi connectivity index (χ0v) is 10.4. The SMILES string of the molecule is COC1CCCN(c2cccnc2/C(N)=N/O)C1. The van der Waals surface area contributed by atoms with Gasteiger partial charge in [-0.1, -0.05) is 5.16 Å². The van der Waals surface area contributed by atoms with E-state index in [0.717, 1.165) is 31.6 Å². The highest BCUT2D eigenvalue weighted by atomic mass is 16.5. The molecule has 98 valence electrons. The molecule has 1 aliphatic rings. The number of ether oxygens (including phenoxy) is 1. The number of hydrogen-bond donors (Lipinski definition) is 2. The van der Waals surface area contributed by atoms with E-state index in [4.69, 9.17) is 15.7 Å². The Labute approximate surface area is 106 Å². The number of nitrogens with two attached hydrogens (primary N) is 1. The van der Waals surface area contributed by atoms with Crippen LogP contribution in [0.2, 0.25) is 0 Å². The van der Waals surface area contributed by atoms with Crippen molar-refractivity contribution in [2.75, 3.05) is 25.1 Å². The van der Waals surface area contributed by atoms with Crippen LogP contribution in [0.1, 0.15) is 18.5 Å². The zero-order chi connectivity index (χ0) is 13.0. The Morgan fingerprint density at radius 2 is 2.50 bits per heavy atom. The minimum absolute atomic E-state index is 0.0325. The van der Waals surface area contributed by atoms with Crippen molar-refractivity contribution in [1.82, 2.24) is 4.98 Å². The van der Waals surface area contributed by atoms with Gasteiger partial charge in [-0.25, -0.2) is 0 Å². The first kappa shape index (κ1) is 12.6. The number of aromatic nitrogens is 1. The molecular weight excluding hydrogens is 232 g/mol. The maximum absolute atomic E-state index is 8.79. The van der Waals surface area contributed by atoms with Crippen LogP contribution in [-0.2, 0) is 4.74 Å². The minimum Gasteiger partial charge on any atom is -0.409 e. The average Bonchev–Trinajstić information content (AvgIpc) is 2.46. The van der Waals surface area contributed by atoms with Crippen molar-refractivity contribution in [2.24, 2.45) is 10.9 Å². The Kier molecular flexibility index (Phi) is 3.99. The van der Waals surface area contributed by atoms with Gasteiger partial charge in [0.15, 0.2) is 5.84 Å². The smallest absolute Gasteiger partial charge is 0.190 e. The largest absolute Gasteiger partial charge is 0.409 e. The van der Waals surface area contributed by atoms with E-state index in [1.807, 2.05) is 12.1 Å². The van der Waals surface area contributed by atoms with Gasteiger partial charge in [-0.05, 0) is 25.0 Å². The van der Waals surface area contributed by atoms with E-state index in [-0.39, 0.29) is 11.9 Å². The molecule has 1 atom stereocenters. The lowest BCUT2D eigenvalue weighted by Crippen LogP contribution is -2.40. The summed E-state index contributed by atoms with van der Waals surface area (Å²) in [5.41, 5.74) is 7.04. The number of piperidine rings is 1. The number of hydrogen-bond acceptors (Lipinski definition) is 5. The summed E-state index contributed by atoms with van der Waals surface area (Å²) in [4.78, 5) is 6.34. The van der Waals surface area contributed by atoms with Crippen molar-refractivity contribution in [1.29, 1.82) is 0 Å². The molecule has 1 fully saturated rings. The molecule has 1 saturated heterocycles. The predicted molar refractivity (Wildman–Crippen MR) is 69.0 cm³/mol. The molecule has 0 radical (unpaired) electrons. The average molecular weight is 250 g/mol. The van der Waals surface area contributed by atoms with Crippen molar-refractivity contribution in [2.45, 2.75) is 18.9 Å². The summed E-state index contributed by atoms with van der Waals surface area (Å²) in [5, 5.41) is 11.8. The van der Waals surface area contributed by atoms with Gasteiger partial charge >= 0.3 is 0 Å². The molecule has 6 heteroatoms. The molecule has 0 saturated carbocycles. The number of amidine groups is 1. The molecule has 0 aromatic carbocycles. The van der Waals surface area contributed by atoms with Gasteiger partial charge < -0.3 is 20.6 Å². The van der Waals surface area contributed by atoms with Crippen molar-refractivity contribution < 1.29 is 9.94 Å². The van der Waals surface area contributed by atoms with Gasteiger partial charge in [0.1, 0.15) is 5.69 Å².